The summed E-state index contributed by atoms with van der Waals surface area (Å²) in [6.07, 6.45) is 0. The largest absolute Gasteiger partial charge is 0.309 e. The first-order valence-corrected chi connectivity index (χ1v) is 26.8. The molecule has 370 valence electrons. The van der Waals surface area contributed by atoms with E-state index in [9.17, 15) is 0 Å². The van der Waals surface area contributed by atoms with Crippen molar-refractivity contribution in [3.8, 4) is 44.5 Å². The minimum Gasteiger partial charge on any atom is -0.309 e. The molecule has 76 heavy (non-hydrogen) atoms. The Morgan fingerprint density at radius 3 is 1.08 bits per heavy atom. The number of rotatable bonds is 10. The molecule has 0 radical (unpaired) electrons. The molecule has 0 atom stereocenters. The predicted octanol–water partition coefficient (Wildman–Crippen LogP) is 21.3. The zero-order chi connectivity index (χ0) is 52.4. The van der Waals surface area contributed by atoms with Crippen LogP contribution in [-0.2, 0) is 5.41 Å². The molecule has 12 aromatic rings. The monoisotopic (exact) mass is 981 g/mol. The molecule has 0 aliphatic carbocycles. The van der Waals surface area contributed by atoms with Crippen LogP contribution in [0.25, 0.3) is 76.8 Å². The molecule has 0 heterocycles. The van der Waals surface area contributed by atoms with E-state index in [4.69, 9.17) is 0 Å². The molecule has 2 nitrogen and oxygen atoms in total. The lowest BCUT2D eigenvalue weighted by Crippen LogP contribution is -2.16. The standard InChI is InChI=1S/C74H64N2/c1-47-32-34-59(70-49(3)20-16-21-50(70)4)44-66(47)75(62-30-18-28-55(42-62)53-24-12-10-13-25-53)68-46-69(65-39-37-58-41-61(74(7,8)9)40-57-36-38-64(68)73(65)72(57)58)76(63-31-19-29-56(43-63)54-26-14-11-15-27-54)67-45-60(35-33-48(67)2)71-51(5)22-17-23-52(71)6/h10-46H,1-9H3. The molecular formula is C74H64N2. The van der Waals surface area contributed by atoms with Crippen LogP contribution >= 0.6 is 0 Å². The van der Waals surface area contributed by atoms with Gasteiger partial charge in [-0.25, -0.2) is 0 Å². The molecule has 0 unspecified atom stereocenters. The Kier molecular flexibility index (Phi) is 12.2. The van der Waals surface area contributed by atoms with Crippen molar-refractivity contribution in [1.29, 1.82) is 0 Å². The molecule has 0 N–H and O–H groups in total. The SMILES string of the molecule is Cc1ccc(-c2c(C)cccc2C)cc1N(c1cccc(-c2ccccc2)c1)c1cc(N(c2cccc(-c3ccccc3)c2)c2cc(-c3c(C)cccc3C)ccc2C)c2ccc3cc(C(C)(C)C)cc4ccc1c2c43. The summed E-state index contributed by atoms with van der Waals surface area (Å²) in [7, 11) is 0. The molecule has 0 amide bonds. The van der Waals surface area contributed by atoms with E-state index in [1.807, 2.05) is 0 Å². The van der Waals surface area contributed by atoms with Crippen LogP contribution < -0.4 is 9.80 Å². The van der Waals surface area contributed by atoms with Gasteiger partial charge in [-0.2, -0.15) is 0 Å². The Hall–Kier alpha value is -8.72. The highest BCUT2D eigenvalue weighted by Gasteiger charge is 2.28. The second-order valence-corrected chi connectivity index (χ2v) is 22.1. The van der Waals surface area contributed by atoms with Crippen LogP contribution in [-0.4, -0.2) is 0 Å². The van der Waals surface area contributed by atoms with Crippen LogP contribution in [0, 0.1) is 41.5 Å². The van der Waals surface area contributed by atoms with Gasteiger partial charge in [0.15, 0.2) is 0 Å². The zero-order valence-electron chi connectivity index (χ0n) is 45.3. The van der Waals surface area contributed by atoms with E-state index < -0.39 is 0 Å². The van der Waals surface area contributed by atoms with Crippen LogP contribution in [0.15, 0.2) is 224 Å². The van der Waals surface area contributed by atoms with Crippen LogP contribution in [0.3, 0.4) is 0 Å². The molecule has 0 saturated carbocycles. The fourth-order valence-corrected chi connectivity index (χ4v) is 12.0. The van der Waals surface area contributed by atoms with Crippen molar-refractivity contribution in [2.24, 2.45) is 0 Å². The Balaban J connectivity index is 1.23. The molecule has 0 aliphatic heterocycles. The average molecular weight is 981 g/mol. The predicted molar refractivity (Wildman–Crippen MR) is 328 cm³/mol. The minimum absolute atomic E-state index is 0.0298. The quantitative estimate of drug-likeness (QED) is 0.126. The molecule has 0 spiro atoms. The summed E-state index contributed by atoms with van der Waals surface area (Å²) in [5, 5.41) is 7.43. The Bertz CT molecular complexity index is 3860. The lowest BCUT2D eigenvalue weighted by molar-refractivity contribution is 0.591. The smallest absolute Gasteiger partial charge is 0.0561 e. The van der Waals surface area contributed by atoms with Gasteiger partial charge in [0.25, 0.3) is 0 Å². The van der Waals surface area contributed by atoms with Gasteiger partial charge in [0, 0.05) is 38.9 Å². The summed E-state index contributed by atoms with van der Waals surface area (Å²) < 4.78 is 0. The number of anilines is 6. The van der Waals surface area contributed by atoms with Gasteiger partial charge in [-0.1, -0.05) is 203 Å². The molecular weight excluding hydrogens is 917 g/mol. The normalized spacial score (nSPS) is 11.8. The summed E-state index contributed by atoms with van der Waals surface area (Å²) in [5.74, 6) is 0. The molecule has 0 fully saturated rings. The number of aryl methyl sites for hydroxylation is 6. The topological polar surface area (TPSA) is 6.48 Å². The van der Waals surface area contributed by atoms with Gasteiger partial charge in [-0.3, -0.25) is 0 Å². The Labute approximate surface area is 449 Å². The number of nitrogens with zero attached hydrogens (tertiary/aromatic N) is 2. The fourth-order valence-electron chi connectivity index (χ4n) is 12.0. The minimum atomic E-state index is -0.0298. The van der Waals surface area contributed by atoms with Gasteiger partial charge in [-0.05, 0) is 189 Å². The van der Waals surface area contributed by atoms with E-state index in [0.717, 1.165) is 45.3 Å². The molecule has 12 aromatic carbocycles. The maximum atomic E-state index is 2.56. The molecule has 12 rings (SSSR count). The maximum Gasteiger partial charge on any atom is 0.0561 e. The molecule has 0 bridgehead atoms. The third-order valence-electron chi connectivity index (χ3n) is 15.9. The highest BCUT2D eigenvalue weighted by atomic mass is 15.2. The number of hydrogen-bond donors (Lipinski definition) is 0. The average Bonchev–Trinajstić information content (AvgIpc) is 3.63. The van der Waals surface area contributed by atoms with Crippen molar-refractivity contribution in [3.63, 3.8) is 0 Å². The van der Waals surface area contributed by atoms with Crippen molar-refractivity contribution >= 4 is 66.4 Å². The number of hydrogen-bond acceptors (Lipinski definition) is 2. The molecule has 0 saturated heterocycles. The van der Waals surface area contributed by atoms with Crippen molar-refractivity contribution in [3.05, 3.63) is 263 Å². The van der Waals surface area contributed by atoms with Gasteiger partial charge in [-0.15, -0.1) is 0 Å². The van der Waals surface area contributed by atoms with Crippen LogP contribution in [0.2, 0.25) is 0 Å². The van der Waals surface area contributed by atoms with E-state index in [-0.39, 0.29) is 5.41 Å². The van der Waals surface area contributed by atoms with Crippen LogP contribution in [0.4, 0.5) is 34.1 Å². The maximum absolute atomic E-state index is 2.56. The van der Waals surface area contributed by atoms with E-state index in [1.165, 1.54) is 105 Å². The Morgan fingerprint density at radius 2 is 0.671 bits per heavy atom. The molecule has 0 aromatic heterocycles. The lowest BCUT2D eigenvalue weighted by Gasteiger charge is -2.34. The third kappa shape index (κ3) is 8.58. The summed E-state index contributed by atoms with van der Waals surface area (Å²) in [5.41, 5.74) is 25.0. The molecule has 0 aliphatic rings. The van der Waals surface area contributed by atoms with Gasteiger partial charge in [0.1, 0.15) is 0 Å². The zero-order valence-corrected chi connectivity index (χ0v) is 45.3. The van der Waals surface area contributed by atoms with Gasteiger partial charge in [0.2, 0.25) is 0 Å². The fraction of sp³-hybridized carbons (Fsp3) is 0.135. The van der Waals surface area contributed by atoms with E-state index >= 15 is 0 Å². The van der Waals surface area contributed by atoms with Crippen LogP contribution in [0.5, 0.6) is 0 Å². The first kappa shape index (κ1) is 48.2. The lowest BCUT2D eigenvalue weighted by atomic mass is 9.83. The van der Waals surface area contributed by atoms with Crippen molar-refractivity contribution in [2.45, 2.75) is 67.7 Å². The highest BCUT2D eigenvalue weighted by molar-refractivity contribution is 6.29. The van der Waals surface area contributed by atoms with E-state index in [1.54, 1.807) is 0 Å². The first-order valence-electron chi connectivity index (χ1n) is 26.8. The Morgan fingerprint density at radius 1 is 0.276 bits per heavy atom. The molecule has 2 heteroatoms. The first-order chi connectivity index (χ1) is 36.8. The van der Waals surface area contributed by atoms with Gasteiger partial charge < -0.3 is 9.80 Å². The summed E-state index contributed by atoms with van der Waals surface area (Å²) in [6, 6.07) is 84.2. The van der Waals surface area contributed by atoms with Crippen LogP contribution in [0.1, 0.15) is 59.7 Å². The van der Waals surface area contributed by atoms with E-state index in [0.29, 0.717) is 0 Å². The van der Waals surface area contributed by atoms with E-state index in [2.05, 4.69) is 297 Å². The second-order valence-electron chi connectivity index (χ2n) is 22.1. The highest BCUT2D eigenvalue weighted by Crippen LogP contribution is 2.53. The number of benzene rings is 12. The second kappa shape index (κ2) is 19.2. The summed E-state index contributed by atoms with van der Waals surface area (Å²) >= 11 is 0. The van der Waals surface area contributed by atoms with Gasteiger partial charge in [0.05, 0.1) is 11.4 Å². The van der Waals surface area contributed by atoms with Crippen molar-refractivity contribution in [2.75, 3.05) is 9.80 Å². The van der Waals surface area contributed by atoms with Crippen molar-refractivity contribution < 1.29 is 0 Å². The summed E-state index contributed by atoms with van der Waals surface area (Å²) in [4.78, 5) is 5.13. The third-order valence-corrected chi connectivity index (χ3v) is 15.9. The van der Waals surface area contributed by atoms with Gasteiger partial charge >= 0.3 is 0 Å². The van der Waals surface area contributed by atoms with Crippen molar-refractivity contribution in [1.82, 2.24) is 0 Å². The summed E-state index contributed by atoms with van der Waals surface area (Å²) in [6.45, 7) is 20.5.